The molecule has 4 rings (SSSR count). The van der Waals surface area contributed by atoms with Crippen molar-refractivity contribution in [1.82, 2.24) is 0 Å². The minimum atomic E-state index is -1.09. The fraction of sp³-hybridized carbons (Fsp3) is 0.138. The van der Waals surface area contributed by atoms with E-state index in [2.05, 4.69) is 10.6 Å². The topological polar surface area (TPSA) is 95.5 Å². The first kappa shape index (κ1) is 25.0. The van der Waals surface area contributed by atoms with Crippen molar-refractivity contribution in [2.24, 2.45) is 0 Å². The van der Waals surface area contributed by atoms with Crippen LogP contribution in [0, 0.1) is 13.8 Å². The number of aryl methyl sites for hydroxylation is 2. The maximum absolute atomic E-state index is 13.0. The standard InChI is InChI=1S/C29H26N2O4S/c1-17-10-11-22(16-18(17)2)31-27(32)19(3)36-23-14-12-21(13-15-23)30-28(33)24-8-4-6-20-7-5-9-25(26(20)24)29(34)35/h4-16,19H,1-3H3,(H,30,33)(H,31,32)(H,34,35). The summed E-state index contributed by atoms with van der Waals surface area (Å²) < 4.78 is 0. The summed E-state index contributed by atoms with van der Waals surface area (Å²) in [7, 11) is 0. The van der Waals surface area contributed by atoms with Crippen LogP contribution in [0.2, 0.25) is 0 Å². The Morgan fingerprint density at radius 2 is 1.42 bits per heavy atom. The third kappa shape index (κ3) is 5.58. The van der Waals surface area contributed by atoms with Crippen LogP contribution in [-0.4, -0.2) is 28.1 Å². The molecule has 1 unspecified atom stereocenters. The van der Waals surface area contributed by atoms with Crippen LogP contribution in [0.5, 0.6) is 0 Å². The van der Waals surface area contributed by atoms with Crippen LogP contribution in [0.1, 0.15) is 38.8 Å². The molecule has 4 aromatic carbocycles. The Bertz CT molecular complexity index is 1460. The quantitative estimate of drug-likeness (QED) is 0.252. The van der Waals surface area contributed by atoms with E-state index >= 15 is 0 Å². The molecule has 0 saturated heterocycles. The van der Waals surface area contributed by atoms with Crippen molar-refractivity contribution in [2.45, 2.75) is 30.9 Å². The molecule has 182 valence electrons. The molecule has 0 fully saturated rings. The lowest BCUT2D eigenvalue weighted by Crippen LogP contribution is -2.22. The summed E-state index contributed by atoms with van der Waals surface area (Å²) in [6.45, 7) is 5.88. The summed E-state index contributed by atoms with van der Waals surface area (Å²) in [5.41, 5.74) is 4.01. The normalized spacial score (nSPS) is 11.6. The Labute approximate surface area is 213 Å². The smallest absolute Gasteiger partial charge is 0.336 e. The average Bonchev–Trinajstić information content (AvgIpc) is 2.86. The highest BCUT2D eigenvalue weighted by molar-refractivity contribution is 8.00. The van der Waals surface area contributed by atoms with Gasteiger partial charge in [-0.05, 0) is 85.8 Å². The van der Waals surface area contributed by atoms with Gasteiger partial charge in [-0.2, -0.15) is 0 Å². The number of carboxylic acids is 1. The molecular weight excluding hydrogens is 472 g/mol. The Morgan fingerprint density at radius 1 is 0.778 bits per heavy atom. The number of carbonyl (C=O) groups is 3. The van der Waals surface area contributed by atoms with E-state index in [-0.39, 0.29) is 16.7 Å². The predicted molar refractivity (Wildman–Crippen MR) is 145 cm³/mol. The number of nitrogens with one attached hydrogen (secondary N) is 2. The van der Waals surface area contributed by atoms with E-state index in [4.69, 9.17) is 0 Å². The highest BCUT2D eigenvalue weighted by atomic mass is 32.2. The molecule has 0 aliphatic heterocycles. The minimum absolute atomic E-state index is 0.0815. The van der Waals surface area contributed by atoms with Gasteiger partial charge in [0.2, 0.25) is 5.91 Å². The molecular formula is C29H26N2O4S. The first-order valence-electron chi connectivity index (χ1n) is 11.4. The van der Waals surface area contributed by atoms with Crippen molar-refractivity contribution in [3.05, 3.63) is 101 Å². The number of carbonyl (C=O) groups excluding carboxylic acids is 2. The predicted octanol–water partition coefficient (Wildman–Crippen LogP) is 6.53. The van der Waals surface area contributed by atoms with Crippen molar-refractivity contribution in [2.75, 3.05) is 10.6 Å². The first-order chi connectivity index (χ1) is 17.2. The fourth-order valence-corrected chi connectivity index (χ4v) is 4.71. The summed E-state index contributed by atoms with van der Waals surface area (Å²) in [6.07, 6.45) is 0. The lowest BCUT2D eigenvalue weighted by atomic mass is 9.98. The van der Waals surface area contributed by atoms with Crippen LogP contribution in [0.15, 0.2) is 83.8 Å². The van der Waals surface area contributed by atoms with Crippen LogP contribution in [0.25, 0.3) is 10.8 Å². The maximum Gasteiger partial charge on any atom is 0.336 e. The van der Waals surface area contributed by atoms with Crippen molar-refractivity contribution >= 4 is 51.7 Å². The number of rotatable bonds is 7. The van der Waals surface area contributed by atoms with E-state index in [0.717, 1.165) is 16.1 Å². The average molecular weight is 499 g/mol. The van der Waals surface area contributed by atoms with Gasteiger partial charge in [0.05, 0.1) is 10.8 Å². The molecule has 0 heterocycles. The van der Waals surface area contributed by atoms with Gasteiger partial charge in [0.25, 0.3) is 5.91 Å². The zero-order chi connectivity index (χ0) is 25.8. The number of amides is 2. The highest BCUT2D eigenvalue weighted by Crippen LogP contribution is 2.27. The largest absolute Gasteiger partial charge is 0.478 e. The second kappa shape index (κ2) is 10.7. The summed E-state index contributed by atoms with van der Waals surface area (Å²) >= 11 is 1.42. The van der Waals surface area contributed by atoms with E-state index in [1.807, 2.05) is 51.1 Å². The molecule has 36 heavy (non-hydrogen) atoms. The van der Waals surface area contributed by atoms with Crippen molar-refractivity contribution < 1.29 is 19.5 Å². The van der Waals surface area contributed by atoms with E-state index < -0.39 is 11.9 Å². The number of fused-ring (bicyclic) bond motifs is 1. The van der Waals surface area contributed by atoms with E-state index in [1.165, 1.54) is 23.4 Å². The minimum Gasteiger partial charge on any atom is -0.478 e. The Balaban J connectivity index is 1.43. The fourth-order valence-electron chi connectivity index (χ4n) is 3.84. The van der Waals surface area contributed by atoms with Crippen molar-refractivity contribution in [3.63, 3.8) is 0 Å². The van der Waals surface area contributed by atoms with Gasteiger partial charge in [0.1, 0.15) is 0 Å². The van der Waals surface area contributed by atoms with Crippen LogP contribution < -0.4 is 10.6 Å². The number of hydrogen-bond acceptors (Lipinski definition) is 4. The zero-order valence-electron chi connectivity index (χ0n) is 20.2. The third-order valence-electron chi connectivity index (χ3n) is 5.95. The molecule has 4 aromatic rings. The molecule has 0 saturated carbocycles. The van der Waals surface area contributed by atoms with Gasteiger partial charge in [-0.3, -0.25) is 9.59 Å². The van der Waals surface area contributed by atoms with Crippen LogP contribution >= 0.6 is 11.8 Å². The lowest BCUT2D eigenvalue weighted by molar-refractivity contribution is -0.115. The van der Waals surface area contributed by atoms with Crippen LogP contribution in [-0.2, 0) is 4.79 Å². The Morgan fingerprint density at radius 3 is 2.06 bits per heavy atom. The SMILES string of the molecule is Cc1ccc(NC(=O)C(C)Sc2ccc(NC(=O)c3cccc4cccc(C(=O)O)c34)cc2)cc1C. The van der Waals surface area contributed by atoms with Gasteiger partial charge in [0, 0.05) is 27.2 Å². The number of hydrogen-bond donors (Lipinski definition) is 3. The van der Waals surface area contributed by atoms with E-state index in [0.29, 0.717) is 22.0 Å². The van der Waals surface area contributed by atoms with Crippen LogP contribution in [0.3, 0.4) is 0 Å². The van der Waals surface area contributed by atoms with Crippen molar-refractivity contribution in [3.8, 4) is 0 Å². The van der Waals surface area contributed by atoms with E-state index in [9.17, 15) is 19.5 Å². The molecule has 0 aliphatic rings. The molecule has 0 radical (unpaired) electrons. The van der Waals surface area contributed by atoms with Gasteiger partial charge in [-0.1, -0.05) is 30.3 Å². The van der Waals surface area contributed by atoms with Gasteiger partial charge in [-0.25, -0.2) is 4.79 Å². The number of carboxylic acid groups (broad SMARTS) is 1. The second-order valence-corrected chi connectivity index (χ2v) is 9.96. The van der Waals surface area contributed by atoms with Gasteiger partial charge < -0.3 is 15.7 Å². The summed E-state index contributed by atoms with van der Waals surface area (Å²) in [5, 5.41) is 16.1. The van der Waals surface area contributed by atoms with Gasteiger partial charge in [-0.15, -0.1) is 11.8 Å². The summed E-state index contributed by atoms with van der Waals surface area (Å²) in [4.78, 5) is 38.2. The number of aromatic carboxylic acids is 1. The number of benzene rings is 4. The summed E-state index contributed by atoms with van der Waals surface area (Å²) in [5.74, 6) is -1.57. The van der Waals surface area contributed by atoms with Crippen molar-refractivity contribution in [1.29, 1.82) is 0 Å². The van der Waals surface area contributed by atoms with E-state index in [1.54, 1.807) is 42.5 Å². The first-order valence-corrected chi connectivity index (χ1v) is 12.3. The molecule has 0 aliphatic carbocycles. The van der Waals surface area contributed by atoms with Gasteiger partial charge in [0.15, 0.2) is 0 Å². The molecule has 1 atom stereocenters. The molecule has 7 heteroatoms. The maximum atomic E-state index is 13.0. The third-order valence-corrected chi connectivity index (χ3v) is 7.06. The molecule has 0 spiro atoms. The summed E-state index contributed by atoms with van der Waals surface area (Å²) in [6, 6.07) is 23.1. The molecule has 2 amide bonds. The number of anilines is 2. The lowest BCUT2D eigenvalue weighted by Gasteiger charge is -2.14. The Hall–Kier alpha value is -4.10. The van der Waals surface area contributed by atoms with Crippen LogP contribution in [0.4, 0.5) is 11.4 Å². The second-order valence-electron chi connectivity index (χ2n) is 8.54. The molecule has 0 bridgehead atoms. The molecule has 6 nitrogen and oxygen atoms in total. The molecule has 3 N–H and O–H groups in total. The Kier molecular flexibility index (Phi) is 7.41. The monoisotopic (exact) mass is 498 g/mol. The number of thioether (sulfide) groups is 1. The van der Waals surface area contributed by atoms with Gasteiger partial charge >= 0.3 is 5.97 Å². The zero-order valence-corrected chi connectivity index (χ0v) is 21.0. The molecule has 0 aromatic heterocycles. The highest BCUT2D eigenvalue weighted by Gasteiger charge is 2.18.